The smallest absolute Gasteiger partial charge is 0.356 e. The van der Waals surface area contributed by atoms with Gasteiger partial charge in [0.2, 0.25) is 0 Å². The van der Waals surface area contributed by atoms with Gasteiger partial charge in [-0.05, 0) is 43.3 Å². The molecule has 3 rings (SSSR count). The van der Waals surface area contributed by atoms with Crippen molar-refractivity contribution in [2.75, 3.05) is 7.11 Å². The molecule has 0 radical (unpaired) electrons. The Kier molecular flexibility index (Phi) is 6.11. The first-order valence-corrected chi connectivity index (χ1v) is 9.14. The van der Waals surface area contributed by atoms with Gasteiger partial charge in [0.1, 0.15) is 18.1 Å². The average molecular weight is 421 g/mol. The molecule has 8 heteroatoms. The van der Waals surface area contributed by atoms with E-state index < -0.39 is 5.97 Å². The zero-order valence-electron chi connectivity index (χ0n) is 15.3. The standard InChI is InChI=1S/C20H18Cl2N2O4/c1-12-7-18(20(25)26)23-24(12)10-14-8-16(27-2)5-6-19(14)28-11-13-3-4-15(21)9-17(13)22/h3-9H,10-11H2,1-2H3,(H,25,26). The second kappa shape index (κ2) is 8.54. The van der Waals surface area contributed by atoms with Crippen LogP contribution in [0.5, 0.6) is 11.5 Å². The van der Waals surface area contributed by atoms with Gasteiger partial charge >= 0.3 is 5.97 Å². The van der Waals surface area contributed by atoms with Crippen LogP contribution in [0.2, 0.25) is 10.0 Å². The number of hydrogen-bond donors (Lipinski definition) is 1. The summed E-state index contributed by atoms with van der Waals surface area (Å²) in [6, 6.07) is 12.2. The highest BCUT2D eigenvalue weighted by Crippen LogP contribution is 2.28. The molecule has 3 aromatic rings. The lowest BCUT2D eigenvalue weighted by molar-refractivity contribution is 0.0689. The minimum absolute atomic E-state index is 0.00388. The maximum Gasteiger partial charge on any atom is 0.356 e. The SMILES string of the molecule is COc1ccc(OCc2ccc(Cl)cc2Cl)c(Cn2nc(C(=O)O)cc2C)c1. The zero-order valence-corrected chi connectivity index (χ0v) is 16.8. The lowest BCUT2D eigenvalue weighted by Gasteiger charge is -2.14. The molecule has 0 saturated carbocycles. The largest absolute Gasteiger partial charge is 0.497 e. The van der Waals surface area contributed by atoms with Crippen LogP contribution in [0, 0.1) is 6.92 Å². The molecule has 0 fully saturated rings. The van der Waals surface area contributed by atoms with Gasteiger partial charge in [-0.1, -0.05) is 29.3 Å². The molecule has 0 aliphatic heterocycles. The van der Waals surface area contributed by atoms with Gasteiger partial charge < -0.3 is 14.6 Å². The topological polar surface area (TPSA) is 73.6 Å². The van der Waals surface area contributed by atoms with E-state index in [9.17, 15) is 4.79 Å². The molecule has 146 valence electrons. The number of benzene rings is 2. The highest BCUT2D eigenvalue weighted by atomic mass is 35.5. The van der Waals surface area contributed by atoms with Crippen LogP contribution in [-0.2, 0) is 13.2 Å². The van der Waals surface area contributed by atoms with Crippen molar-refractivity contribution < 1.29 is 19.4 Å². The number of hydrogen-bond acceptors (Lipinski definition) is 4. The molecule has 0 aliphatic carbocycles. The Bertz CT molecular complexity index is 1020. The number of halogens is 2. The number of carboxylic acids is 1. The summed E-state index contributed by atoms with van der Waals surface area (Å²) in [7, 11) is 1.58. The maximum absolute atomic E-state index is 11.2. The van der Waals surface area contributed by atoms with Crippen molar-refractivity contribution in [3.05, 3.63) is 75.0 Å². The van der Waals surface area contributed by atoms with Crippen LogP contribution in [0.4, 0.5) is 0 Å². The second-order valence-electron chi connectivity index (χ2n) is 6.13. The van der Waals surface area contributed by atoms with E-state index >= 15 is 0 Å². The summed E-state index contributed by atoms with van der Waals surface area (Å²) >= 11 is 12.1. The Hall–Kier alpha value is -2.70. The molecule has 2 aromatic carbocycles. The van der Waals surface area contributed by atoms with Gasteiger partial charge in [-0.3, -0.25) is 4.68 Å². The van der Waals surface area contributed by atoms with Gasteiger partial charge in [0, 0.05) is 26.9 Å². The third-order valence-electron chi connectivity index (χ3n) is 4.19. The van der Waals surface area contributed by atoms with Crippen molar-refractivity contribution in [3.63, 3.8) is 0 Å². The Morgan fingerprint density at radius 1 is 1.14 bits per heavy atom. The number of methoxy groups -OCH3 is 1. The molecule has 1 aromatic heterocycles. The molecule has 0 atom stereocenters. The van der Waals surface area contributed by atoms with Crippen molar-refractivity contribution in [2.45, 2.75) is 20.1 Å². The zero-order chi connectivity index (χ0) is 20.3. The summed E-state index contributed by atoms with van der Waals surface area (Å²) < 4.78 is 12.9. The molecular weight excluding hydrogens is 403 g/mol. The van der Waals surface area contributed by atoms with Crippen molar-refractivity contribution in [3.8, 4) is 11.5 Å². The van der Waals surface area contributed by atoms with Crippen LogP contribution in [0.25, 0.3) is 0 Å². The highest BCUT2D eigenvalue weighted by molar-refractivity contribution is 6.35. The van der Waals surface area contributed by atoms with E-state index in [1.165, 1.54) is 6.07 Å². The van der Waals surface area contributed by atoms with E-state index in [0.717, 1.165) is 16.8 Å². The average Bonchev–Trinajstić information content (AvgIpc) is 3.02. The van der Waals surface area contributed by atoms with Crippen LogP contribution < -0.4 is 9.47 Å². The fraction of sp³-hybridized carbons (Fsp3) is 0.200. The third-order valence-corrected chi connectivity index (χ3v) is 4.77. The van der Waals surface area contributed by atoms with Gasteiger partial charge in [-0.2, -0.15) is 5.10 Å². The third kappa shape index (κ3) is 4.58. The Morgan fingerprint density at radius 3 is 2.57 bits per heavy atom. The number of aryl methyl sites for hydroxylation is 1. The van der Waals surface area contributed by atoms with Crippen LogP contribution in [-0.4, -0.2) is 28.0 Å². The summed E-state index contributed by atoms with van der Waals surface area (Å²) in [6.45, 7) is 2.39. The van der Waals surface area contributed by atoms with Gasteiger partial charge in [0.05, 0.1) is 13.7 Å². The number of carboxylic acid groups (broad SMARTS) is 1. The maximum atomic E-state index is 11.2. The van der Waals surface area contributed by atoms with E-state index in [2.05, 4.69) is 5.10 Å². The minimum atomic E-state index is -1.07. The molecule has 6 nitrogen and oxygen atoms in total. The number of ether oxygens (including phenoxy) is 2. The molecule has 28 heavy (non-hydrogen) atoms. The Labute approximate surface area is 172 Å². The first kappa shape index (κ1) is 20.0. The van der Waals surface area contributed by atoms with Crippen molar-refractivity contribution >= 4 is 29.2 Å². The molecule has 0 unspecified atom stereocenters. The minimum Gasteiger partial charge on any atom is -0.497 e. The first-order chi connectivity index (χ1) is 13.4. The normalized spacial score (nSPS) is 10.7. The summed E-state index contributed by atoms with van der Waals surface area (Å²) in [6.07, 6.45) is 0. The van der Waals surface area contributed by atoms with E-state index in [-0.39, 0.29) is 12.3 Å². The van der Waals surface area contributed by atoms with Crippen LogP contribution in [0.1, 0.15) is 27.3 Å². The fourth-order valence-electron chi connectivity index (χ4n) is 2.68. The number of carbonyl (C=O) groups is 1. The van der Waals surface area contributed by atoms with Gasteiger partial charge in [-0.25, -0.2) is 4.79 Å². The van der Waals surface area contributed by atoms with Crippen molar-refractivity contribution in [1.29, 1.82) is 0 Å². The van der Waals surface area contributed by atoms with E-state index in [1.54, 1.807) is 43.0 Å². The monoisotopic (exact) mass is 420 g/mol. The number of aromatic carboxylic acids is 1. The first-order valence-electron chi connectivity index (χ1n) is 8.38. The Balaban J connectivity index is 1.86. The molecule has 1 N–H and O–H groups in total. The summed E-state index contributed by atoms with van der Waals surface area (Å²) in [5.74, 6) is 0.218. The lowest BCUT2D eigenvalue weighted by atomic mass is 10.1. The number of rotatable bonds is 7. The van der Waals surface area contributed by atoms with Crippen molar-refractivity contribution in [2.24, 2.45) is 0 Å². The van der Waals surface area contributed by atoms with E-state index in [0.29, 0.717) is 28.1 Å². The quantitative estimate of drug-likeness (QED) is 0.592. The van der Waals surface area contributed by atoms with E-state index in [1.807, 2.05) is 12.1 Å². The van der Waals surface area contributed by atoms with Gasteiger partial charge in [-0.15, -0.1) is 0 Å². The van der Waals surface area contributed by atoms with Crippen molar-refractivity contribution in [1.82, 2.24) is 9.78 Å². The second-order valence-corrected chi connectivity index (χ2v) is 6.98. The molecule has 1 heterocycles. The molecular formula is C20H18Cl2N2O4. The van der Waals surface area contributed by atoms with Crippen LogP contribution in [0.3, 0.4) is 0 Å². The van der Waals surface area contributed by atoms with E-state index in [4.69, 9.17) is 37.8 Å². The van der Waals surface area contributed by atoms with Crippen LogP contribution >= 0.6 is 23.2 Å². The predicted octanol–water partition coefficient (Wildman–Crippen LogP) is 4.83. The molecule has 0 amide bonds. The summed E-state index contributed by atoms with van der Waals surface area (Å²) in [5.41, 5.74) is 2.33. The summed E-state index contributed by atoms with van der Waals surface area (Å²) in [5, 5.41) is 14.3. The van der Waals surface area contributed by atoms with Gasteiger partial charge in [0.15, 0.2) is 5.69 Å². The fourth-order valence-corrected chi connectivity index (χ4v) is 3.14. The van der Waals surface area contributed by atoms with Gasteiger partial charge in [0.25, 0.3) is 0 Å². The molecule has 0 bridgehead atoms. The predicted molar refractivity (Wildman–Crippen MR) is 107 cm³/mol. The molecule has 0 spiro atoms. The molecule has 0 saturated heterocycles. The lowest BCUT2D eigenvalue weighted by Crippen LogP contribution is -2.08. The summed E-state index contributed by atoms with van der Waals surface area (Å²) in [4.78, 5) is 11.2. The Morgan fingerprint density at radius 2 is 1.93 bits per heavy atom. The van der Waals surface area contributed by atoms with Crippen LogP contribution in [0.15, 0.2) is 42.5 Å². The number of aromatic nitrogens is 2. The molecule has 0 aliphatic rings. The number of nitrogens with zero attached hydrogens (tertiary/aromatic N) is 2. The highest BCUT2D eigenvalue weighted by Gasteiger charge is 2.14.